The number of benzene rings is 1. The number of unbranched alkanes of at least 4 members (excludes halogenated alkanes) is 1. The Morgan fingerprint density at radius 3 is 2.85 bits per heavy atom. The topological polar surface area (TPSA) is 41.5 Å². The summed E-state index contributed by atoms with van der Waals surface area (Å²) in [7, 11) is 0. The average Bonchev–Trinajstić information content (AvgIpc) is 2.80. The van der Waals surface area contributed by atoms with Crippen molar-refractivity contribution >= 4 is 44.6 Å². The van der Waals surface area contributed by atoms with E-state index in [1.54, 1.807) is 0 Å². The molecule has 0 radical (unpaired) electrons. The summed E-state index contributed by atoms with van der Waals surface area (Å²) < 4.78 is 1.01. The van der Waals surface area contributed by atoms with Gasteiger partial charge in [-0.2, -0.15) is 5.10 Å². The number of hydrazone groups is 1. The molecule has 3 nitrogen and oxygen atoms in total. The Bertz CT molecular complexity index is 648. The molecule has 1 aromatic heterocycles. The number of hydrogen-bond donors (Lipinski definition) is 1. The number of halogens is 1. The summed E-state index contributed by atoms with van der Waals surface area (Å²) in [6.45, 7) is 4.05. The predicted molar refractivity (Wildman–Crippen MR) is 86.9 cm³/mol. The summed E-state index contributed by atoms with van der Waals surface area (Å²) in [5, 5.41) is 5.53. The third-order valence-corrected chi connectivity index (χ3v) is 4.66. The number of carbonyl (C=O) groups excluding carboxylic acids is 1. The van der Waals surface area contributed by atoms with Crippen LogP contribution in [0.15, 0.2) is 29.4 Å². The Morgan fingerprint density at radius 2 is 2.15 bits per heavy atom. The highest BCUT2D eigenvalue weighted by molar-refractivity contribution is 7.21. The van der Waals surface area contributed by atoms with E-state index in [-0.39, 0.29) is 5.91 Å². The van der Waals surface area contributed by atoms with Crippen LogP contribution in [0.5, 0.6) is 0 Å². The number of nitrogens with one attached hydrogen (secondary N) is 1. The number of carbonyl (C=O) groups is 1. The second kappa shape index (κ2) is 6.86. The highest BCUT2D eigenvalue weighted by Crippen LogP contribution is 2.34. The molecule has 0 saturated carbocycles. The Labute approximate surface area is 127 Å². The summed E-state index contributed by atoms with van der Waals surface area (Å²) in [6.07, 6.45) is 3.09. The van der Waals surface area contributed by atoms with Gasteiger partial charge in [-0.05, 0) is 25.8 Å². The molecule has 0 spiro atoms. The van der Waals surface area contributed by atoms with Crippen LogP contribution >= 0.6 is 22.9 Å². The van der Waals surface area contributed by atoms with E-state index >= 15 is 0 Å². The molecule has 0 aliphatic carbocycles. The van der Waals surface area contributed by atoms with Gasteiger partial charge in [0.05, 0.1) is 5.02 Å². The van der Waals surface area contributed by atoms with Gasteiger partial charge in [0.2, 0.25) is 0 Å². The Morgan fingerprint density at radius 1 is 1.40 bits per heavy atom. The van der Waals surface area contributed by atoms with Gasteiger partial charge in [-0.15, -0.1) is 11.3 Å². The molecule has 0 aliphatic heterocycles. The fraction of sp³-hybridized carbons (Fsp3) is 0.333. The Kier molecular flexibility index (Phi) is 5.15. The van der Waals surface area contributed by atoms with Crippen molar-refractivity contribution in [3.8, 4) is 0 Å². The number of hydrogen-bond acceptors (Lipinski definition) is 3. The first-order valence-corrected chi connectivity index (χ1v) is 7.83. The van der Waals surface area contributed by atoms with E-state index in [9.17, 15) is 4.79 Å². The molecule has 0 unspecified atom stereocenters. The van der Waals surface area contributed by atoms with Gasteiger partial charge in [0.25, 0.3) is 5.91 Å². The van der Waals surface area contributed by atoms with Crippen molar-refractivity contribution in [2.75, 3.05) is 0 Å². The van der Waals surface area contributed by atoms with Crippen LogP contribution in [0.1, 0.15) is 42.8 Å². The number of nitrogens with zero attached hydrogens (tertiary/aromatic N) is 1. The number of amides is 1. The first-order chi connectivity index (χ1) is 9.63. The molecule has 1 amide bonds. The van der Waals surface area contributed by atoms with Gasteiger partial charge < -0.3 is 0 Å². The van der Waals surface area contributed by atoms with Crippen LogP contribution in [0, 0.1) is 0 Å². The first-order valence-electron chi connectivity index (χ1n) is 6.64. The van der Waals surface area contributed by atoms with Crippen molar-refractivity contribution in [1.29, 1.82) is 0 Å². The first kappa shape index (κ1) is 15.0. The van der Waals surface area contributed by atoms with Gasteiger partial charge in [-0.3, -0.25) is 4.79 Å². The highest BCUT2D eigenvalue weighted by atomic mass is 35.5. The minimum Gasteiger partial charge on any atom is -0.266 e. The van der Waals surface area contributed by atoms with Crippen LogP contribution < -0.4 is 5.43 Å². The quantitative estimate of drug-likeness (QED) is 0.622. The van der Waals surface area contributed by atoms with E-state index in [2.05, 4.69) is 17.5 Å². The van der Waals surface area contributed by atoms with Crippen molar-refractivity contribution in [3.63, 3.8) is 0 Å². The van der Waals surface area contributed by atoms with Crippen LogP contribution in [-0.2, 0) is 0 Å². The fourth-order valence-electron chi connectivity index (χ4n) is 1.85. The average molecular weight is 309 g/mol. The second-order valence-electron chi connectivity index (χ2n) is 4.63. The zero-order valence-electron chi connectivity index (χ0n) is 11.6. The highest BCUT2D eigenvalue weighted by Gasteiger charge is 2.16. The summed E-state index contributed by atoms with van der Waals surface area (Å²) >= 11 is 7.64. The SMILES string of the molecule is CCCC/C(C)=N\NC(=O)c1sc2ccccc2c1Cl. The van der Waals surface area contributed by atoms with Crippen molar-refractivity contribution in [3.05, 3.63) is 34.2 Å². The van der Waals surface area contributed by atoms with Crippen molar-refractivity contribution in [2.45, 2.75) is 33.1 Å². The van der Waals surface area contributed by atoms with Crippen LogP contribution in [0.4, 0.5) is 0 Å². The number of rotatable bonds is 5. The third kappa shape index (κ3) is 3.38. The van der Waals surface area contributed by atoms with Crippen LogP contribution in [0.25, 0.3) is 10.1 Å². The van der Waals surface area contributed by atoms with Gasteiger partial charge in [0.1, 0.15) is 4.88 Å². The molecule has 106 valence electrons. The zero-order chi connectivity index (χ0) is 14.5. The van der Waals surface area contributed by atoms with Gasteiger partial charge in [0, 0.05) is 15.8 Å². The molecule has 0 fully saturated rings. The molecule has 0 atom stereocenters. The standard InChI is InChI=1S/C15H17ClN2OS/c1-3-4-7-10(2)17-18-15(19)14-13(16)11-8-5-6-9-12(11)20-14/h5-6,8-9H,3-4,7H2,1-2H3,(H,18,19)/b17-10-. The van der Waals surface area contributed by atoms with Gasteiger partial charge in [0.15, 0.2) is 0 Å². The van der Waals surface area contributed by atoms with Gasteiger partial charge >= 0.3 is 0 Å². The molecule has 0 bridgehead atoms. The summed E-state index contributed by atoms with van der Waals surface area (Å²) in [6, 6.07) is 7.72. The lowest BCUT2D eigenvalue weighted by molar-refractivity contribution is 0.0959. The molecule has 20 heavy (non-hydrogen) atoms. The van der Waals surface area contributed by atoms with E-state index in [0.717, 1.165) is 35.1 Å². The smallest absolute Gasteiger partial charge is 0.266 e. The largest absolute Gasteiger partial charge is 0.283 e. The van der Waals surface area contributed by atoms with E-state index < -0.39 is 0 Å². The summed E-state index contributed by atoms with van der Waals surface area (Å²) in [5.74, 6) is -0.243. The minimum absolute atomic E-state index is 0.243. The molecular weight excluding hydrogens is 292 g/mol. The lowest BCUT2D eigenvalue weighted by Gasteiger charge is -2.01. The summed E-state index contributed by atoms with van der Waals surface area (Å²) in [5.41, 5.74) is 3.51. The van der Waals surface area contributed by atoms with Crippen LogP contribution in [0.2, 0.25) is 5.02 Å². The van der Waals surface area contributed by atoms with Gasteiger partial charge in [-0.25, -0.2) is 5.43 Å². The lowest BCUT2D eigenvalue weighted by atomic mass is 10.2. The van der Waals surface area contributed by atoms with Crippen molar-refractivity contribution in [2.24, 2.45) is 5.10 Å². The van der Waals surface area contributed by atoms with E-state index in [4.69, 9.17) is 11.6 Å². The van der Waals surface area contributed by atoms with Crippen molar-refractivity contribution < 1.29 is 4.79 Å². The molecule has 0 saturated heterocycles. The molecule has 5 heteroatoms. The molecule has 1 heterocycles. The maximum atomic E-state index is 12.1. The molecule has 2 aromatic rings. The van der Waals surface area contributed by atoms with E-state index in [1.165, 1.54) is 11.3 Å². The molecule has 2 rings (SSSR count). The Balaban J connectivity index is 2.14. The number of thiophene rings is 1. The molecule has 0 aliphatic rings. The zero-order valence-corrected chi connectivity index (χ0v) is 13.1. The normalized spacial score (nSPS) is 11.8. The third-order valence-electron chi connectivity index (χ3n) is 2.98. The molecule has 1 N–H and O–H groups in total. The number of fused-ring (bicyclic) bond motifs is 1. The summed E-state index contributed by atoms with van der Waals surface area (Å²) in [4.78, 5) is 12.6. The van der Waals surface area contributed by atoms with Crippen LogP contribution in [-0.4, -0.2) is 11.6 Å². The van der Waals surface area contributed by atoms with Gasteiger partial charge in [-0.1, -0.05) is 43.1 Å². The maximum absolute atomic E-state index is 12.1. The predicted octanol–water partition coefficient (Wildman–Crippen LogP) is 4.85. The lowest BCUT2D eigenvalue weighted by Crippen LogP contribution is -2.18. The van der Waals surface area contributed by atoms with Crippen LogP contribution in [0.3, 0.4) is 0 Å². The Hall–Kier alpha value is -1.39. The second-order valence-corrected chi connectivity index (χ2v) is 6.06. The van der Waals surface area contributed by atoms with E-state index in [1.807, 2.05) is 31.2 Å². The van der Waals surface area contributed by atoms with E-state index in [0.29, 0.717) is 9.90 Å². The molecular formula is C15H17ClN2OS. The minimum atomic E-state index is -0.243. The molecule has 1 aromatic carbocycles. The maximum Gasteiger partial charge on any atom is 0.283 e. The fourth-order valence-corrected chi connectivity index (χ4v) is 3.25. The van der Waals surface area contributed by atoms with Crippen molar-refractivity contribution in [1.82, 2.24) is 5.43 Å². The monoisotopic (exact) mass is 308 g/mol.